The number of hydrogen-bond acceptors (Lipinski definition) is 6. The van der Waals surface area contributed by atoms with E-state index in [9.17, 15) is 19.5 Å². The van der Waals surface area contributed by atoms with Crippen molar-refractivity contribution < 1.29 is 29.0 Å². The summed E-state index contributed by atoms with van der Waals surface area (Å²) in [6.07, 6.45) is 1.71. The Morgan fingerprint density at radius 3 is 2.84 bits per heavy atom. The molecule has 1 aromatic rings. The van der Waals surface area contributed by atoms with Gasteiger partial charge in [-0.1, -0.05) is 23.7 Å². The first kappa shape index (κ1) is 23.0. The Balaban J connectivity index is 1.69. The number of carbonyl (C=O) groups is 3. The number of amides is 2. The largest absolute Gasteiger partial charge is 0.466 e. The van der Waals surface area contributed by atoms with Gasteiger partial charge in [0.2, 0.25) is 11.8 Å². The average molecular weight is 465 g/mol. The molecule has 2 amide bonds. The summed E-state index contributed by atoms with van der Waals surface area (Å²) in [7, 11) is 0. The molecule has 0 radical (unpaired) electrons. The minimum Gasteiger partial charge on any atom is -0.466 e. The maximum absolute atomic E-state index is 13.6. The molecule has 3 aliphatic rings. The van der Waals surface area contributed by atoms with Gasteiger partial charge in [-0.15, -0.1) is 0 Å². The van der Waals surface area contributed by atoms with E-state index in [2.05, 4.69) is 5.32 Å². The molecular weight excluding hydrogens is 436 g/mol. The molecule has 3 fully saturated rings. The molecule has 3 saturated heterocycles. The lowest BCUT2D eigenvalue weighted by molar-refractivity contribution is -0.154. The Kier molecular flexibility index (Phi) is 6.47. The SMILES string of the molecule is CCOC(=O)[C@@H]1[C@@H]2CC[C@]3(O2)[C@H](C(=O)Nc2c(C)cccc2Cl)N(CCCCO)C(=O)[C@@H]13. The molecule has 0 aromatic heterocycles. The van der Waals surface area contributed by atoms with Crippen LogP contribution in [0, 0.1) is 18.8 Å². The molecule has 1 aromatic carbocycles. The van der Waals surface area contributed by atoms with E-state index < -0.39 is 35.6 Å². The van der Waals surface area contributed by atoms with Gasteiger partial charge in [-0.3, -0.25) is 14.4 Å². The third-order valence-corrected chi connectivity index (χ3v) is 7.20. The molecule has 3 heterocycles. The molecule has 5 atom stereocenters. The van der Waals surface area contributed by atoms with E-state index in [4.69, 9.17) is 21.1 Å². The molecule has 3 aliphatic heterocycles. The number of halogens is 1. The maximum Gasteiger partial charge on any atom is 0.312 e. The number of ether oxygens (including phenoxy) is 2. The first-order valence-corrected chi connectivity index (χ1v) is 11.5. The number of aliphatic hydroxyl groups is 1. The van der Waals surface area contributed by atoms with Gasteiger partial charge in [-0.25, -0.2) is 0 Å². The van der Waals surface area contributed by atoms with Crippen molar-refractivity contribution in [3.63, 3.8) is 0 Å². The standard InChI is InChI=1S/C23H29ClN2O6/c1-3-31-22(30)16-15-9-10-23(32-15)17(16)21(29)26(11-4-5-12-27)19(23)20(28)25-18-13(2)7-6-8-14(18)24/h6-8,15-17,19,27H,3-5,9-12H2,1-2H3,(H,25,28)/t15-,16+,17+,19-,23+/m0/s1. The number of unbranched alkanes of at least 4 members (excludes halogenated alkanes) is 1. The van der Waals surface area contributed by atoms with E-state index in [-0.39, 0.29) is 25.0 Å². The Labute approximate surface area is 192 Å². The van der Waals surface area contributed by atoms with E-state index in [1.807, 2.05) is 13.0 Å². The van der Waals surface area contributed by atoms with Gasteiger partial charge in [-0.2, -0.15) is 0 Å². The van der Waals surface area contributed by atoms with Crippen LogP contribution in [0.15, 0.2) is 18.2 Å². The molecule has 0 unspecified atom stereocenters. The first-order valence-electron chi connectivity index (χ1n) is 11.2. The van der Waals surface area contributed by atoms with E-state index in [1.165, 1.54) is 4.90 Å². The molecule has 1 spiro atoms. The van der Waals surface area contributed by atoms with Crippen molar-refractivity contribution in [3.8, 4) is 0 Å². The number of nitrogens with one attached hydrogen (secondary N) is 1. The summed E-state index contributed by atoms with van der Waals surface area (Å²) < 4.78 is 11.5. The summed E-state index contributed by atoms with van der Waals surface area (Å²) in [5, 5.41) is 12.5. The van der Waals surface area contributed by atoms with E-state index in [0.717, 1.165) is 5.56 Å². The van der Waals surface area contributed by atoms with Gasteiger partial charge in [0.15, 0.2) is 0 Å². The molecule has 32 heavy (non-hydrogen) atoms. The van der Waals surface area contributed by atoms with Crippen LogP contribution in [0.2, 0.25) is 5.02 Å². The number of esters is 1. The number of nitrogens with zero attached hydrogens (tertiary/aromatic N) is 1. The second-order valence-corrected chi connectivity index (χ2v) is 9.10. The highest BCUT2D eigenvalue weighted by atomic mass is 35.5. The van der Waals surface area contributed by atoms with Gasteiger partial charge in [0.1, 0.15) is 11.6 Å². The number of hydrogen-bond donors (Lipinski definition) is 2. The Bertz CT molecular complexity index is 903. The summed E-state index contributed by atoms with van der Waals surface area (Å²) in [4.78, 5) is 41.4. The summed E-state index contributed by atoms with van der Waals surface area (Å²) in [5.41, 5.74) is 0.228. The van der Waals surface area contributed by atoms with E-state index in [1.54, 1.807) is 19.1 Å². The predicted octanol–water partition coefficient (Wildman–Crippen LogP) is 2.30. The number of benzene rings is 1. The molecule has 0 saturated carbocycles. The van der Waals surface area contributed by atoms with Gasteiger partial charge in [0, 0.05) is 13.2 Å². The summed E-state index contributed by atoms with van der Waals surface area (Å²) in [6.45, 7) is 4.07. The zero-order valence-corrected chi connectivity index (χ0v) is 19.1. The third-order valence-electron chi connectivity index (χ3n) is 6.88. The van der Waals surface area contributed by atoms with E-state index >= 15 is 0 Å². The quantitative estimate of drug-likeness (QED) is 0.452. The van der Waals surface area contributed by atoms with Crippen LogP contribution in [0.3, 0.4) is 0 Å². The van der Waals surface area contributed by atoms with Crippen molar-refractivity contribution in [1.82, 2.24) is 4.90 Å². The summed E-state index contributed by atoms with van der Waals surface area (Å²) in [5.74, 6) is -2.56. The highest BCUT2D eigenvalue weighted by Gasteiger charge is 2.74. The predicted molar refractivity (Wildman–Crippen MR) is 117 cm³/mol. The van der Waals surface area contributed by atoms with Gasteiger partial charge < -0.3 is 24.8 Å². The van der Waals surface area contributed by atoms with Gasteiger partial charge >= 0.3 is 5.97 Å². The van der Waals surface area contributed by atoms with Crippen molar-refractivity contribution in [3.05, 3.63) is 28.8 Å². The molecule has 2 N–H and O–H groups in total. The fourth-order valence-electron chi connectivity index (χ4n) is 5.58. The molecular formula is C23H29ClN2O6. The van der Waals surface area contributed by atoms with Crippen LogP contribution in [-0.2, 0) is 23.9 Å². The zero-order chi connectivity index (χ0) is 23.0. The Morgan fingerprint density at radius 2 is 2.16 bits per heavy atom. The van der Waals surface area contributed by atoms with Crippen molar-refractivity contribution >= 4 is 35.1 Å². The van der Waals surface area contributed by atoms with Crippen molar-refractivity contribution in [1.29, 1.82) is 0 Å². The minimum absolute atomic E-state index is 0.00366. The van der Waals surface area contributed by atoms with Crippen LogP contribution in [0.25, 0.3) is 0 Å². The van der Waals surface area contributed by atoms with Gasteiger partial charge in [-0.05, 0) is 51.2 Å². The number of aliphatic hydroxyl groups excluding tert-OH is 1. The second kappa shape index (κ2) is 9.00. The van der Waals surface area contributed by atoms with Crippen LogP contribution >= 0.6 is 11.6 Å². The lowest BCUT2D eigenvalue weighted by Gasteiger charge is -2.33. The zero-order valence-electron chi connectivity index (χ0n) is 18.3. The monoisotopic (exact) mass is 464 g/mol. The minimum atomic E-state index is -1.07. The molecule has 2 bridgehead atoms. The topological polar surface area (TPSA) is 105 Å². The number of para-hydroxylation sites is 1. The number of fused-ring (bicyclic) bond motifs is 1. The number of anilines is 1. The lowest BCUT2D eigenvalue weighted by atomic mass is 9.70. The molecule has 4 rings (SSSR count). The number of rotatable bonds is 8. The summed E-state index contributed by atoms with van der Waals surface area (Å²) in [6, 6.07) is 4.45. The second-order valence-electron chi connectivity index (χ2n) is 8.69. The maximum atomic E-state index is 13.6. The van der Waals surface area contributed by atoms with Crippen LogP contribution in [0.1, 0.15) is 38.2 Å². The average Bonchev–Trinajstić information content (AvgIpc) is 3.39. The number of carbonyl (C=O) groups excluding carboxylic acids is 3. The summed E-state index contributed by atoms with van der Waals surface area (Å²) >= 11 is 6.32. The number of likely N-dealkylation sites (tertiary alicyclic amines) is 1. The van der Waals surface area contributed by atoms with Crippen molar-refractivity contribution in [2.45, 2.75) is 57.3 Å². The fraction of sp³-hybridized carbons (Fsp3) is 0.609. The van der Waals surface area contributed by atoms with Crippen LogP contribution < -0.4 is 5.32 Å². The van der Waals surface area contributed by atoms with E-state index in [0.29, 0.717) is 42.9 Å². The van der Waals surface area contributed by atoms with Gasteiger partial charge in [0.25, 0.3) is 0 Å². The number of aryl methyl sites for hydroxylation is 1. The molecule has 8 nitrogen and oxygen atoms in total. The van der Waals surface area contributed by atoms with Gasteiger partial charge in [0.05, 0.1) is 35.3 Å². The molecule has 174 valence electrons. The Hall–Kier alpha value is -2.16. The first-order chi connectivity index (χ1) is 15.4. The lowest BCUT2D eigenvalue weighted by Crippen LogP contribution is -2.53. The fourth-order valence-corrected chi connectivity index (χ4v) is 5.85. The highest BCUT2D eigenvalue weighted by molar-refractivity contribution is 6.34. The molecule has 9 heteroatoms. The highest BCUT2D eigenvalue weighted by Crippen LogP contribution is 2.58. The van der Waals surface area contributed by atoms with Crippen molar-refractivity contribution in [2.24, 2.45) is 11.8 Å². The third kappa shape index (κ3) is 3.58. The smallest absolute Gasteiger partial charge is 0.312 e. The van der Waals surface area contributed by atoms with Crippen LogP contribution in [0.4, 0.5) is 5.69 Å². The van der Waals surface area contributed by atoms with Crippen molar-refractivity contribution in [2.75, 3.05) is 25.1 Å². The Morgan fingerprint density at radius 1 is 1.38 bits per heavy atom. The van der Waals surface area contributed by atoms with Crippen LogP contribution in [0.5, 0.6) is 0 Å². The van der Waals surface area contributed by atoms with Crippen LogP contribution in [-0.4, -0.2) is 65.3 Å². The normalized spacial score (nSPS) is 30.5. The molecule has 0 aliphatic carbocycles.